The van der Waals surface area contributed by atoms with Crippen LogP contribution >= 0.6 is 0 Å². The van der Waals surface area contributed by atoms with E-state index in [0.717, 1.165) is 4.80 Å². The summed E-state index contributed by atoms with van der Waals surface area (Å²) >= 11 is 0. The van der Waals surface area contributed by atoms with Crippen LogP contribution in [0.15, 0.2) is 48.5 Å². The molecule has 8 nitrogen and oxygen atoms in total. The van der Waals surface area contributed by atoms with Gasteiger partial charge < -0.3 is 9.47 Å². The van der Waals surface area contributed by atoms with Crippen molar-refractivity contribution in [1.82, 2.24) is 20.2 Å². The molecule has 0 saturated carbocycles. The standard InChI is InChI=1S/C18H15FN4O4/c1-26-15-8-4-12(5-9-15)16(24)11-27-17(25)10-23-21-18(20-22-23)13-2-6-14(19)7-3-13/h2-9H,10-11H2,1H3. The molecule has 0 aliphatic heterocycles. The second-order valence-corrected chi connectivity index (χ2v) is 5.46. The molecule has 0 radical (unpaired) electrons. The molecule has 3 rings (SSSR count). The first-order valence-corrected chi connectivity index (χ1v) is 7.92. The summed E-state index contributed by atoms with van der Waals surface area (Å²) in [6.07, 6.45) is 0. The third-order valence-corrected chi connectivity index (χ3v) is 3.60. The second-order valence-electron chi connectivity index (χ2n) is 5.46. The zero-order valence-corrected chi connectivity index (χ0v) is 14.3. The third kappa shape index (κ3) is 4.72. The van der Waals surface area contributed by atoms with E-state index in [4.69, 9.17) is 9.47 Å². The number of aromatic nitrogens is 4. The van der Waals surface area contributed by atoms with Crippen molar-refractivity contribution >= 4 is 11.8 Å². The lowest BCUT2D eigenvalue weighted by Gasteiger charge is -2.04. The number of halogens is 1. The van der Waals surface area contributed by atoms with E-state index in [1.165, 1.54) is 31.4 Å². The molecule has 2 aromatic carbocycles. The van der Waals surface area contributed by atoms with Crippen molar-refractivity contribution < 1.29 is 23.5 Å². The van der Waals surface area contributed by atoms with Gasteiger partial charge >= 0.3 is 5.97 Å². The number of ketones is 1. The SMILES string of the molecule is COc1ccc(C(=O)COC(=O)Cn2nnc(-c3ccc(F)cc3)n2)cc1. The molecule has 0 N–H and O–H groups in total. The Morgan fingerprint density at radius 3 is 2.44 bits per heavy atom. The Labute approximate surface area is 153 Å². The van der Waals surface area contributed by atoms with E-state index in [2.05, 4.69) is 15.4 Å². The van der Waals surface area contributed by atoms with Crippen LogP contribution < -0.4 is 4.74 Å². The van der Waals surface area contributed by atoms with Crippen molar-refractivity contribution in [2.24, 2.45) is 0 Å². The monoisotopic (exact) mass is 370 g/mol. The molecule has 138 valence electrons. The van der Waals surface area contributed by atoms with Crippen LogP contribution in [0.5, 0.6) is 5.75 Å². The first-order chi connectivity index (χ1) is 13.0. The van der Waals surface area contributed by atoms with Crippen LogP contribution in [0, 0.1) is 5.82 Å². The summed E-state index contributed by atoms with van der Waals surface area (Å²) in [6.45, 7) is -0.700. The topological polar surface area (TPSA) is 96.2 Å². The normalized spacial score (nSPS) is 10.4. The predicted octanol–water partition coefficient (Wildman–Crippen LogP) is 1.91. The van der Waals surface area contributed by atoms with E-state index in [9.17, 15) is 14.0 Å². The predicted molar refractivity (Wildman–Crippen MR) is 91.5 cm³/mol. The van der Waals surface area contributed by atoms with Crippen molar-refractivity contribution in [3.05, 3.63) is 59.9 Å². The first kappa shape index (κ1) is 18.2. The van der Waals surface area contributed by atoms with E-state index in [1.807, 2.05) is 0 Å². The summed E-state index contributed by atoms with van der Waals surface area (Å²) in [5, 5.41) is 11.6. The number of hydrogen-bond acceptors (Lipinski definition) is 7. The van der Waals surface area contributed by atoms with E-state index >= 15 is 0 Å². The molecule has 0 spiro atoms. The molecule has 0 bridgehead atoms. The minimum atomic E-state index is -0.681. The highest BCUT2D eigenvalue weighted by Crippen LogP contribution is 2.14. The molecule has 1 heterocycles. The van der Waals surface area contributed by atoms with Gasteiger partial charge in [-0.2, -0.15) is 4.80 Å². The minimum absolute atomic E-state index is 0.247. The zero-order chi connectivity index (χ0) is 19.2. The van der Waals surface area contributed by atoms with Gasteiger partial charge in [-0.15, -0.1) is 10.2 Å². The number of hydrogen-bond donors (Lipinski definition) is 0. The molecule has 0 aliphatic rings. The van der Waals surface area contributed by atoms with Crippen LogP contribution in [0.4, 0.5) is 4.39 Å². The number of Topliss-reactive ketones (excluding diaryl/α,β-unsaturated/α-hetero) is 1. The average Bonchev–Trinajstić information content (AvgIpc) is 3.15. The third-order valence-electron chi connectivity index (χ3n) is 3.60. The Hall–Kier alpha value is -3.62. The molecule has 0 aliphatic carbocycles. The molecule has 3 aromatic rings. The van der Waals surface area contributed by atoms with Gasteiger partial charge in [0.25, 0.3) is 0 Å². The number of rotatable bonds is 7. The Morgan fingerprint density at radius 1 is 1.07 bits per heavy atom. The maximum absolute atomic E-state index is 12.9. The molecule has 9 heteroatoms. The van der Waals surface area contributed by atoms with Gasteiger partial charge in [-0.05, 0) is 53.7 Å². The number of ether oxygens (including phenoxy) is 2. The van der Waals surface area contributed by atoms with Gasteiger partial charge in [0.2, 0.25) is 5.82 Å². The lowest BCUT2D eigenvalue weighted by molar-refractivity contribution is -0.143. The number of esters is 1. The summed E-state index contributed by atoms with van der Waals surface area (Å²) in [5.74, 6) is -0.532. The number of carbonyl (C=O) groups is 2. The van der Waals surface area contributed by atoms with Gasteiger partial charge in [-0.3, -0.25) is 4.79 Å². The second kappa shape index (κ2) is 8.17. The summed E-state index contributed by atoms with van der Waals surface area (Å²) < 4.78 is 22.9. The number of nitrogens with zero attached hydrogens (tertiary/aromatic N) is 4. The number of methoxy groups -OCH3 is 1. The summed E-state index contributed by atoms with van der Waals surface area (Å²) in [5.41, 5.74) is 0.965. The zero-order valence-electron chi connectivity index (χ0n) is 14.3. The fraction of sp³-hybridized carbons (Fsp3) is 0.167. The summed E-state index contributed by atoms with van der Waals surface area (Å²) in [6, 6.07) is 12.0. The highest BCUT2D eigenvalue weighted by Gasteiger charge is 2.13. The van der Waals surface area contributed by atoms with E-state index in [1.54, 1.807) is 24.3 Å². The number of carbonyl (C=O) groups excluding carboxylic acids is 2. The van der Waals surface area contributed by atoms with Gasteiger partial charge in [0.1, 0.15) is 11.6 Å². The smallest absolute Gasteiger partial charge is 0.330 e. The molecular weight excluding hydrogens is 355 g/mol. The molecule has 1 aromatic heterocycles. The summed E-state index contributed by atoms with van der Waals surface area (Å²) in [7, 11) is 1.53. The molecular formula is C18H15FN4O4. The van der Waals surface area contributed by atoms with Crippen LogP contribution in [0.1, 0.15) is 10.4 Å². The maximum Gasteiger partial charge on any atom is 0.330 e. The Bertz CT molecular complexity index is 939. The minimum Gasteiger partial charge on any atom is -0.497 e. The summed E-state index contributed by atoms with van der Waals surface area (Å²) in [4.78, 5) is 24.9. The fourth-order valence-electron chi connectivity index (χ4n) is 2.19. The van der Waals surface area contributed by atoms with Crippen LogP contribution in [0.2, 0.25) is 0 Å². The van der Waals surface area contributed by atoms with Crippen LogP contribution in [0.3, 0.4) is 0 Å². The van der Waals surface area contributed by atoms with Gasteiger partial charge in [-0.1, -0.05) is 0 Å². The van der Waals surface area contributed by atoms with Crippen LogP contribution in [-0.4, -0.2) is 45.7 Å². The number of benzene rings is 2. The van der Waals surface area contributed by atoms with Gasteiger partial charge in [0.05, 0.1) is 7.11 Å². The van der Waals surface area contributed by atoms with Crippen molar-refractivity contribution in [1.29, 1.82) is 0 Å². The van der Waals surface area contributed by atoms with Crippen molar-refractivity contribution in [2.45, 2.75) is 6.54 Å². The van der Waals surface area contributed by atoms with E-state index < -0.39 is 12.6 Å². The quantitative estimate of drug-likeness (QED) is 0.463. The van der Waals surface area contributed by atoms with E-state index in [0.29, 0.717) is 16.9 Å². The van der Waals surface area contributed by atoms with Crippen molar-refractivity contribution in [3.63, 3.8) is 0 Å². The molecule has 0 amide bonds. The van der Waals surface area contributed by atoms with Crippen LogP contribution in [-0.2, 0) is 16.1 Å². The van der Waals surface area contributed by atoms with Gasteiger partial charge in [0, 0.05) is 11.1 Å². The highest BCUT2D eigenvalue weighted by atomic mass is 19.1. The lowest BCUT2D eigenvalue weighted by atomic mass is 10.1. The first-order valence-electron chi connectivity index (χ1n) is 7.92. The largest absolute Gasteiger partial charge is 0.497 e. The Morgan fingerprint density at radius 2 is 1.78 bits per heavy atom. The average molecular weight is 370 g/mol. The van der Waals surface area contributed by atoms with E-state index in [-0.39, 0.29) is 24.0 Å². The number of tetrazole rings is 1. The highest BCUT2D eigenvalue weighted by molar-refractivity contribution is 5.98. The molecule has 0 unspecified atom stereocenters. The molecule has 0 fully saturated rings. The van der Waals surface area contributed by atoms with Gasteiger partial charge in [0.15, 0.2) is 18.9 Å². The lowest BCUT2D eigenvalue weighted by Crippen LogP contribution is -2.19. The molecule has 27 heavy (non-hydrogen) atoms. The molecule has 0 saturated heterocycles. The molecule has 0 atom stereocenters. The Kier molecular flexibility index (Phi) is 5.50. The van der Waals surface area contributed by atoms with Gasteiger partial charge in [-0.25, -0.2) is 9.18 Å². The Balaban J connectivity index is 1.53. The fourth-order valence-corrected chi connectivity index (χ4v) is 2.19. The van der Waals surface area contributed by atoms with Crippen LogP contribution in [0.25, 0.3) is 11.4 Å². The van der Waals surface area contributed by atoms with Crippen molar-refractivity contribution in [3.8, 4) is 17.1 Å². The maximum atomic E-state index is 12.9. The van der Waals surface area contributed by atoms with Crippen molar-refractivity contribution in [2.75, 3.05) is 13.7 Å².